The van der Waals surface area contributed by atoms with Gasteiger partial charge in [0, 0.05) is 13.1 Å². The second-order valence-corrected chi connectivity index (χ2v) is 6.60. The minimum absolute atomic E-state index is 0.446. The summed E-state index contributed by atoms with van der Waals surface area (Å²) in [6, 6.07) is 9.42. The predicted octanol–water partition coefficient (Wildman–Crippen LogP) is 3.10. The van der Waals surface area contributed by atoms with Crippen molar-refractivity contribution in [1.82, 2.24) is 4.90 Å². The third-order valence-electron chi connectivity index (χ3n) is 5.23. The fourth-order valence-corrected chi connectivity index (χ4v) is 3.97. The van der Waals surface area contributed by atoms with Crippen LogP contribution in [-0.2, 0) is 0 Å². The number of rotatable bonds is 3. The Morgan fingerprint density at radius 2 is 1.86 bits per heavy atom. The Bertz CT molecular complexity index is 505. The van der Waals surface area contributed by atoms with Crippen LogP contribution in [0.25, 0.3) is 0 Å². The van der Waals surface area contributed by atoms with E-state index in [-0.39, 0.29) is 0 Å². The lowest BCUT2D eigenvalue weighted by Crippen LogP contribution is -2.43. The molecular weight excluding hydrogens is 260 g/mol. The molecule has 3 nitrogen and oxygen atoms in total. The molecule has 1 aromatic carbocycles. The van der Waals surface area contributed by atoms with Gasteiger partial charge >= 0.3 is 0 Å². The van der Waals surface area contributed by atoms with Crippen molar-refractivity contribution in [1.29, 1.82) is 5.26 Å². The van der Waals surface area contributed by atoms with Gasteiger partial charge in [-0.3, -0.25) is 0 Å². The lowest BCUT2D eigenvalue weighted by atomic mass is 9.75. The number of piperidine rings is 1. The molecule has 3 rings (SSSR count). The van der Waals surface area contributed by atoms with Crippen LogP contribution in [0, 0.1) is 23.2 Å². The van der Waals surface area contributed by atoms with E-state index in [1.807, 2.05) is 12.1 Å². The average molecular weight is 284 g/mol. The van der Waals surface area contributed by atoms with E-state index in [0.717, 1.165) is 37.0 Å². The molecule has 0 bridgehead atoms. The van der Waals surface area contributed by atoms with Crippen LogP contribution in [0.1, 0.15) is 49.3 Å². The molecule has 1 heterocycles. The van der Waals surface area contributed by atoms with E-state index < -0.39 is 6.10 Å². The lowest BCUT2D eigenvalue weighted by Gasteiger charge is -2.41. The summed E-state index contributed by atoms with van der Waals surface area (Å²) in [5, 5.41) is 19.2. The molecular formula is C18H24N2O. The summed E-state index contributed by atoms with van der Waals surface area (Å²) in [6.45, 7) is 2.99. The highest BCUT2D eigenvalue weighted by molar-refractivity contribution is 5.32. The first-order valence-electron chi connectivity index (χ1n) is 8.17. The van der Waals surface area contributed by atoms with Gasteiger partial charge in [0.05, 0.1) is 17.7 Å². The quantitative estimate of drug-likeness (QED) is 0.927. The van der Waals surface area contributed by atoms with Crippen LogP contribution in [0.5, 0.6) is 0 Å². The normalized spacial score (nSPS) is 27.6. The second-order valence-electron chi connectivity index (χ2n) is 6.60. The molecule has 2 fully saturated rings. The molecule has 0 spiro atoms. The molecule has 1 aliphatic carbocycles. The van der Waals surface area contributed by atoms with Gasteiger partial charge in [0.1, 0.15) is 0 Å². The topological polar surface area (TPSA) is 47.3 Å². The van der Waals surface area contributed by atoms with E-state index in [0.29, 0.717) is 5.56 Å². The Balaban J connectivity index is 1.57. The van der Waals surface area contributed by atoms with Gasteiger partial charge in [-0.15, -0.1) is 0 Å². The molecule has 21 heavy (non-hydrogen) atoms. The van der Waals surface area contributed by atoms with E-state index in [1.54, 1.807) is 12.1 Å². The van der Waals surface area contributed by atoms with Gasteiger partial charge in [0.2, 0.25) is 0 Å². The average Bonchev–Trinajstić information content (AvgIpc) is 2.55. The molecule has 1 saturated heterocycles. The summed E-state index contributed by atoms with van der Waals surface area (Å²) in [5.74, 6) is 1.78. The maximum absolute atomic E-state index is 10.4. The standard InChI is InChI=1S/C18H24N2O/c19-11-14-5-7-16(8-6-14)18(21)13-20-10-9-15-3-1-2-4-17(15)12-20/h5-8,15,17-18,21H,1-4,9-10,12-13H2. The van der Waals surface area contributed by atoms with Gasteiger partial charge < -0.3 is 10.0 Å². The van der Waals surface area contributed by atoms with Crippen molar-refractivity contribution in [3.63, 3.8) is 0 Å². The van der Waals surface area contributed by atoms with E-state index >= 15 is 0 Å². The van der Waals surface area contributed by atoms with Crippen LogP contribution in [0.2, 0.25) is 0 Å². The van der Waals surface area contributed by atoms with Gasteiger partial charge in [-0.25, -0.2) is 0 Å². The molecule has 3 atom stereocenters. The summed E-state index contributed by atoms with van der Waals surface area (Å²) >= 11 is 0. The third-order valence-corrected chi connectivity index (χ3v) is 5.23. The Morgan fingerprint density at radius 1 is 1.14 bits per heavy atom. The second kappa shape index (κ2) is 6.60. The Kier molecular flexibility index (Phi) is 4.57. The first kappa shape index (κ1) is 14.6. The van der Waals surface area contributed by atoms with Gasteiger partial charge in [-0.2, -0.15) is 5.26 Å². The lowest BCUT2D eigenvalue weighted by molar-refractivity contribution is 0.0460. The Morgan fingerprint density at radius 3 is 2.57 bits per heavy atom. The number of likely N-dealkylation sites (tertiary alicyclic amines) is 1. The van der Waals surface area contributed by atoms with Crippen molar-refractivity contribution in [2.75, 3.05) is 19.6 Å². The molecule has 112 valence electrons. The summed E-state index contributed by atoms with van der Waals surface area (Å²) < 4.78 is 0. The minimum atomic E-state index is -0.446. The molecule has 2 aliphatic rings. The zero-order valence-corrected chi connectivity index (χ0v) is 12.5. The molecule has 0 amide bonds. The number of β-amino-alcohol motifs (C(OH)–C–C–N with tert-alkyl or cyclic N) is 1. The molecule has 1 aliphatic heterocycles. The van der Waals surface area contributed by atoms with Crippen molar-refractivity contribution in [2.45, 2.75) is 38.2 Å². The predicted molar refractivity (Wildman–Crippen MR) is 82.6 cm³/mol. The monoisotopic (exact) mass is 284 g/mol. The van der Waals surface area contributed by atoms with Gasteiger partial charge in [0.15, 0.2) is 0 Å². The number of hydrogen-bond acceptors (Lipinski definition) is 3. The summed E-state index contributed by atoms with van der Waals surface area (Å²) in [6.07, 6.45) is 6.43. The van der Waals surface area contributed by atoms with Crippen molar-refractivity contribution in [3.05, 3.63) is 35.4 Å². The highest BCUT2D eigenvalue weighted by atomic mass is 16.3. The molecule has 1 N–H and O–H groups in total. The van der Waals surface area contributed by atoms with E-state index in [2.05, 4.69) is 11.0 Å². The zero-order chi connectivity index (χ0) is 14.7. The molecule has 0 aromatic heterocycles. The SMILES string of the molecule is N#Cc1ccc(C(O)CN2CCC3CCCCC3C2)cc1. The van der Waals surface area contributed by atoms with Crippen LogP contribution in [0.4, 0.5) is 0 Å². The first-order chi connectivity index (χ1) is 10.3. The van der Waals surface area contributed by atoms with Crippen molar-refractivity contribution in [2.24, 2.45) is 11.8 Å². The molecule has 1 aromatic rings. The number of fused-ring (bicyclic) bond motifs is 1. The van der Waals surface area contributed by atoms with Gasteiger partial charge in [0.25, 0.3) is 0 Å². The van der Waals surface area contributed by atoms with Crippen molar-refractivity contribution in [3.8, 4) is 6.07 Å². The summed E-state index contributed by atoms with van der Waals surface area (Å²) in [5.41, 5.74) is 1.56. The van der Waals surface area contributed by atoms with Crippen LogP contribution in [0.3, 0.4) is 0 Å². The summed E-state index contributed by atoms with van der Waals surface area (Å²) in [4.78, 5) is 2.43. The van der Waals surface area contributed by atoms with Crippen LogP contribution >= 0.6 is 0 Å². The van der Waals surface area contributed by atoms with Crippen LogP contribution in [-0.4, -0.2) is 29.6 Å². The zero-order valence-electron chi connectivity index (χ0n) is 12.5. The van der Waals surface area contributed by atoms with Crippen LogP contribution in [0.15, 0.2) is 24.3 Å². The fraction of sp³-hybridized carbons (Fsp3) is 0.611. The van der Waals surface area contributed by atoms with Crippen molar-refractivity contribution < 1.29 is 5.11 Å². The minimum Gasteiger partial charge on any atom is -0.387 e. The molecule has 3 heteroatoms. The number of benzene rings is 1. The Labute approximate surface area is 127 Å². The van der Waals surface area contributed by atoms with E-state index in [4.69, 9.17) is 5.26 Å². The van der Waals surface area contributed by atoms with Crippen LogP contribution < -0.4 is 0 Å². The Hall–Kier alpha value is -1.37. The number of nitrogens with zero attached hydrogens (tertiary/aromatic N) is 2. The van der Waals surface area contributed by atoms with E-state index in [1.165, 1.54) is 32.1 Å². The fourth-order valence-electron chi connectivity index (χ4n) is 3.97. The number of aliphatic hydroxyl groups is 1. The maximum Gasteiger partial charge on any atom is 0.0991 e. The van der Waals surface area contributed by atoms with E-state index in [9.17, 15) is 5.11 Å². The third kappa shape index (κ3) is 3.45. The largest absolute Gasteiger partial charge is 0.387 e. The number of nitriles is 1. The smallest absolute Gasteiger partial charge is 0.0991 e. The number of aliphatic hydroxyl groups excluding tert-OH is 1. The molecule has 3 unspecified atom stereocenters. The van der Waals surface area contributed by atoms with Gasteiger partial charge in [-0.05, 0) is 48.9 Å². The molecule has 1 saturated carbocycles. The first-order valence-corrected chi connectivity index (χ1v) is 8.17. The summed E-state index contributed by atoms with van der Waals surface area (Å²) in [7, 11) is 0. The number of hydrogen-bond donors (Lipinski definition) is 1. The highest BCUT2D eigenvalue weighted by Crippen LogP contribution is 2.36. The van der Waals surface area contributed by atoms with Gasteiger partial charge in [-0.1, -0.05) is 31.4 Å². The highest BCUT2D eigenvalue weighted by Gasteiger charge is 2.31. The molecule has 0 radical (unpaired) electrons. The van der Waals surface area contributed by atoms with Crippen molar-refractivity contribution >= 4 is 0 Å². The maximum atomic E-state index is 10.4.